The first-order chi connectivity index (χ1) is 8.25. The maximum Gasteiger partial charge on any atom is 0.0367 e. The third-order valence-corrected chi connectivity index (χ3v) is 3.79. The van der Waals surface area contributed by atoms with Gasteiger partial charge >= 0.3 is 0 Å². The molecular formula is C16H17N. The van der Waals surface area contributed by atoms with Crippen molar-refractivity contribution >= 4 is 0 Å². The molecule has 0 fully saturated rings. The predicted molar refractivity (Wildman–Crippen MR) is 71.0 cm³/mol. The maximum atomic E-state index is 6.37. The molecule has 0 saturated heterocycles. The molecular weight excluding hydrogens is 206 g/mol. The summed E-state index contributed by atoms with van der Waals surface area (Å²) in [5.41, 5.74) is 11.8. The fourth-order valence-electron chi connectivity index (χ4n) is 2.64. The Morgan fingerprint density at radius 2 is 1.76 bits per heavy atom. The van der Waals surface area contributed by atoms with Gasteiger partial charge in [-0.05, 0) is 30.0 Å². The highest BCUT2D eigenvalue weighted by molar-refractivity contribution is 5.43. The third kappa shape index (κ3) is 1.77. The van der Waals surface area contributed by atoms with E-state index in [-0.39, 0.29) is 6.04 Å². The second kappa shape index (κ2) is 4.01. The van der Waals surface area contributed by atoms with Crippen molar-refractivity contribution in [1.82, 2.24) is 0 Å². The molecule has 17 heavy (non-hydrogen) atoms. The molecule has 2 atom stereocenters. The standard InChI is InChI=1S/C16H17N/c1-11-6-8-12(9-7-11)16(17)15-10-13-4-2-3-5-14(13)15/h2-9,15-16H,10,17H2,1H3. The van der Waals surface area contributed by atoms with E-state index in [1.807, 2.05) is 0 Å². The van der Waals surface area contributed by atoms with Gasteiger partial charge in [-0.2, -0.15) is 0 Å². The summed E-state index contributed by atoms with van der Waals surface area (Å²) in [4.78, 5) is 0. The van der Waals surface area contributed by atoms with E-state index in [1.165, 1.54) is 22.3 Å². The molecule has 2 aromatic rings. The molecule has 0 spiro atoms. The highest BCUT2D eigenvalue weighted by atomic mass is 14.7. The quantitative estimate of drug-likeness (QED) is 0.830. The van der Waals surface area contributed by atoms with E-state index in [4.69, 9.17) is 5.73 Å². The van der Waals surface area contributed by atoms with Crippen molar-refractivity contribution in [1.29, 1.82) is 0 Å². The molecule has 0 amide bonds. The van der Waals surface area contributed by atoms with Crippen LogP contribution in [0.5, 0.6) is 0 Å². The fraction of sp³-hybridized carbons (Fsp3) is 0.250. The van der Waals surface area contributed by atoms with E-state index >= 15 is 0 Å². The van der Waals surface area contributed by atoms with Crippen molar-refractivity contribution in [3.05, 3.63) is 70.8 Å². The van der Waals surface area contributed by atoms with Gasteiger partial charge in [0, 0.05) is 12.0 Å². The number of rotatable bonds is 2. The zero-order valence-electron chi connectivity index (χ0n) is 10.1. The van der Waals surface area contributed by atoms with Gasteiger partial charge in [-0.15, -0.1) is 0 Å². The summed E-state index contributed by atoms with van der Waals surface area (Å²) in [6, 6.07) is 17.3. The van der Waals surface area contributed by atoms with Gasteiger partial charge in [-0.3, -0.25) is 0 Å². The van der Waals surface area contributed by atoms with Gasteiger partial charge in [0.05, 0.1) is 0 Å². The molecule has 1 aliphatic carbocycles. The lowest BCUT2D eigenvalue weighted by molar-refractivity contribution is 0.500. The van der Waals surface area contributed by atoms with Gasteiger partial charge in [0.15, 0.2) is 0 Å². The van der Waals surface area contributed by atoms with Crippen LogP contribution in [0.15, 0.2) is 48.5 Å². The topological polar surface area (TPSA) is 26.0 Å². The first-order valence-corrected chi connectivity index (χ1v) is 6.15. The molecule has 2 aromatic carbocycles. The first kappa shape index (κ1) is 10.5. The monoisotopic (exact) mass is 223 g/mol. The van der Waals surface area contributed by atoms with Crippen molar-refractivity contribution in [3.8, 4) is 0 Å². The van der Waals surface area contributed by atoms with Gasteiger partial charge in [-0.1, -0.05) is 54.1 Å². The molecule has 0 aliphatic heterocycles. The van der Waals surface area contributed by atoms with Crippen molar-refractivity contribution in [3.63, 3.8) is 0 Å². The van der Waals surface area contributed by atoms with Crippen LogP contribution < -0.4 is 5.73 Å². The SMILES string of the molecule is Cc1ccc(C(N)C2Cc3ccccc32)cc1. The minimum Gasteiger partial charge on any atom is -0.323 e. The molecule has 0 radical (unpaired) electrons. The van der Waals surface area contributed by atoms with Crippen molar-refractivity contribution in [2.75, 3.05) is 0 Å². The summed E-state index contributed by atoms with van der Waals surface area (Å²) < 4.78 is 0. The average molecular weight is 223 g/mol. The van der Waals surface area contributed by atoms with Crippen molar-refractivity contribution in [2.24, 2.45) is 5.73 Å². The third-order valence-electron chi connectivity index (χ3n) is 3.79. The van der Waals surface area contributed by atoms with Gasteiger partial charge in [-0.25, -0.2) is 0 Å². The first-order valence-electron chi connectivity index (χ1n) is 6.15. The van der Waals surface area contributed by atoms with E-state index in [0.29, 0.717) is 5.92 Å². The number of benzene rings is 2. The molecule has 86 valence electrons. The van der Waals surface area contributed by atoms with Gasteiger partial charge in [0.2, 0.25) is 0 Å². The lowest BCUT2D eigenvalue weighted by Crippen LogP contribution is -2.28. The van der Waals surface area contributed by atoms with E-state index in [9.17, 15) is 0 Å². The molecule has 3 rings (SSSR count). The number of hydrogen-bond acceptors (Lipinski definition) is 1. The lowest BCUT2D eigenvalue weighted by Gasteiger charge is -2.35. The van der Waals surface area contributed by atoms with Gasteiger partial charge in [0.25, 0.3) is 0 Å². The molecule has 2 N–H and O–H groups in total. The molecule has 0 heterocycles. The highest BCUT2D eigenvalue weighted by Crippen LogP contribution is 2.42. The number of aryl methyl sites for hydroxylation is 1. The largest absolute Gasteiger partial charge is 0.323 e. The highest BCUT2D eigenvalue weighted by Gasteiger charge is 2.31. The van der Waals surface area contributed by atoms with Crippen LogP contribution in [-0.4, -0.2) is 0 Å². The van der Waals surface area contributed by atoms with Crippen LogP contribution in [-0.2, 0) is 6.42 Å². The Kier molecular flexibility index (Phi) is 2.49. The Bertz CT molecular complexity index is 527. The number of nitrogens with two attached hydrogens (primary N) is 1. The average Bonchev–Trinajstić information content (AvgIpc) is 2.31. The summed E-state index contributed by atoms with van der Waals surface area (Å²) in [6.45, 7) is 2.11. The summed E-state index contributed by atoms with van der Waals surface area (Å²) in [6.07, 6.45) is 1.12. The smallest absolute Gasteiger partial charge is 0.0367 e. The summed E-state index contributed by atoms with van der Waals surface area (Å²) >= 11 is 0. The van der Waals surface area contributed by atoms with E-state index in [2.05, 4.69) is 55.5 Å². The van der Waals surface area contributed by atoms with Crippen LogP contribution in [0.1, 0.15) is 34.2 Å². The van der Waals surface area contributed by atoms with E-state index in [0.717, 1.165) is 6.42 Å². The summed E-state index contributed by atoms with van der Waals surface area (Å²) in [5, 5.41) is 0. The van der Waals surface area contributed by atoms with Gasteiger partial charge in [0.1, 0.15) is 0 Å². The Hall–Kier alpha value is -1.60. The predicted octanol–water partition coefficient (Wildman–Crippen LogP) is 3.33. The fourth-order valence-corrected chi connectivity index (χ4v) is 2.64. The molecule has 0 saturated carbocycles. The second-order valence-corrected chi connectivity index (χ2v) is 4.95. The van der Waals surface area contributed by atoms with E-state index in [1.54, 1.807) is 0 Å². The molecule has 1 heteroatoms. The minimum atomic E-state index is 0.130. The van der Waals surface area contributed by atoms with Crippen LogP contribution in [0.25, 0.3) is 0 Å². The number of fused-ring (bicyclic) bond motifs is 1. The second-order valence-electron chi connectivity index (χ2n) is 4.95. The summed E-state index contributed by atoms with van der Waals surface area (Å²) in [5.74, 6) is 0.494. The molecule has 0 bridgehead atoms. The Morgan fingerprint density at radius 1 is 1.06 bits per heavy atom. The summed E-state index contributed by atoms with van der Waals surface area (Å²) in [7, 11) is 0. The zero-order valence-corrected chi connectivity index (χ0v) is 10.1. The van der Waals surface area contributed by atoms with Crippen molar-refractivity contribution in [2.45, 2.75) is 25.3 Å². The Morgan fingerprint density at radius 3 is 2.47 bits per heavy atom. The normalized spacial score (nSPS) is 19.3. The Balaban J connectivity index is 1.86. The molecule has 2 unspecified atom stereocenters. The molecule has 0 aromatic heterocycles. The zero-order chi connectivity index (χ0) is 11.8. The lowest BCUT2D eigenvalue weighted by atomic mass is 9.72. The maximum absolute atomic E-state index is 6.37. The molecule has 1 aliphatic rings. The van der Waals surface area contributed by atoms with Crippen LogP contribution >= 0.6 is 0 Å². The van der Waals surface area contributed by atoms with Crippen molar-refractivity contribution < 1.29 is 0 Å². The number of hydrogen-bond donors (Lipinski definition) is 1. The molecule has 1 nitrogen and oxygen atoms in total. The van der Waals surface area contributed by atoms with E-state index < -0.39 is 0 Å². The van der Waals surface area contributed by atoms with Gasteiger partial charge < -0.3 is 5.73 Å². The van der Waals surface area contributed by atoms with Crippen LogP contribution in [0, 0.1) is 6.92 Å². The van der Waals surface area contributed by atoms with Crippen LogP contribution in [0.3, 0.4) is 0 Å². The minimum absolute atomic E-state index is 0.130. The Labute approximate surface area is 102 Å². The van der Waals surface area contributed by atoms with Crippen LogP contribution in [0.2, 0.25) is 0 Å². The van der Waals surface area contributed by atoms with Crippen LogP contribution in [0.4, 0.5) is 0 Å².